The molecule has 3 amide bonds. The maximum atomic E-state index is 12.4. The molecule has 27 heavy (non-hydrogen) atoms. The number of amides is 3. The number of nitrogens with one attached hydrogen (secondary N) is 1. The fraction of sp³-hybridized carbons (Fsp3) is 0.556. The predicted octanol–water partition coefficient (Wildman–Crippen LogP) is -0.274. The lowest BCUT2D eigenvalue weighted by Gasteiger charge is -2.34. The number of nitro benzene ring substituents is 1. The van der Waals surface area contributed by atoms with Gasteiger partial charge in [-0.1, -0.05) is 0 Å². The van der Waals surface area contributed by atoms with Crippen LogP contribution in [-0.2, 0) is 4.79 Å². The van der Waals surface area contributed by atoms with Gasteiger partial charge in [-0.05, 0) is 25.0 Å². The number of carbonyl (C=O) groups excluding carboxylic acids is 2. The van der Waals surface area contributed by atoms with E-state index in [-0.39, 0.29) is 23.7 Å². The summed E-state index contributed by atoms with van der Waals surface area (Å²) in [7, 11) is 0. The average Bonchev–Trinajstić information content (AvgIpc) is 3.25. The lowest BCUT2D eigenvalue weighted by molar-refractivity contribution is -0.899. The molecule has 144 valence electrons. The predicted molar refractivity (Wildman–Crippen MR) is 97.7 cm³/mol. The van der Waals surface area contributed by atoms with Crippen molar-refractivity contribution >= 4 is 23.3 Å². The Morgan fingerprint density at radius 1 is 1.11 bits per heavy atom. The summed E-state index contributed by atoms with van der Waals surface area (Å²) in [5.74, 6) is -0.0265. The zero-order valence-corrected chi connectivity index (χ0v) is 15.2. The summed E-state index contributed by atoms with van der Waals surface area (Å²) >= 11 is 0. The van der Waals surface area contributed by atoms with Crippen molar-refractivity contribution in [1.82, 2.24) is 9.80 Å². The lowest BCUT2D eigenvalue weighted by Crippen LogP contribution is -3.15. The van der Waals surface area contributed by atoms with Gasteiger partial charge in [-0.15, -0.1) is 0 Å². The van der Waals surface area contributed by atoms with Crippen LogP contribution in [0.25, 0.3) is 0 Å². The second-order valence-corrected chi connectivity index (χ2v) is 7.38. The molecular weight excluding hydrogens is 350 g/mol. The van der Waals surface area contributed by atoms with Crippen molar-refractivity contribution in [3.8, 4) is 0 Å². The molecule has 1 N–H and O–H groups in total. The van der Waals surface area contributed by atoms with Crippen LogP contribution in [0.1, 0.15) is 12.8 Å². The summed E-state index contributed by atoms with van der Waals surface area (Å²) < 4.78 is 0. The average molecular weight is 374 g/mol. The van der Waals surface area contributed by atoms with Gasteiger partial charge >= 0.3 is 6.03 Å². The van der Waals surface area contributed by atoms with E-state index in [4.69, 9.17) is 0 Å². The monoisotopic (exact) mass is 374 g/mol. The first-order chi connectivity index (χ1) is 13.0. The number of nitrogens with zero attached hydrogens (tertiary/aromatic N) is 4. The Hall–Kier alpha value is -2.68. The van der Waals surface area contributed by atoms with Crippen LogP contribution in [0.4, 0.5) is 16.2 Å². The smallest absolute Gasteiger partial charge is 0.327 e. The van der Waals surface area contributed by atoms with Gasteiger partial charge in [0.15, 0.2) is 0 Å². The van der Waals surface area contributed by atoms with Gasteiger partial charge in [0, 0.05) is 24.4 Å². The van der Waals surface area contributed by atoms with E-state index in [2.05, 4.69) is 4.90 Å². The van der Waals surface area contributed by atoms with E-state index in [1.807, 2.05) is 0 Å². The molecule has 0 spiro atoms. The summed E-state index contributed by atoms with van der Waals surface area (Å²) in [6.07, 6.45) is 1.72. The van der Waals surface area contributed by atoms with Crippen LogP contribution in [0.15, 0.2) is 24.3 Å². The molecule has 0 saturated carbocycles. The van der Waals surface area contributed by atoms with Crippen molar-refractivity contribution in [3.05, 3.63) is 34.4 Å². The van der Waals surface area contributed by atoms with E-state index in [0.29, 0.717) is 13.1 Å². The SMILES string of the molecule is O=C1[C@H]2CCCN2C(=O)N1CC[NH+]1CCN(c2ccc([N+](=O)[O-])cc2)CC1. The number of hydrogen-bond donors (Lipinski definition) is 1. The number of quaternary nitrogens is 1. The third-order valence-corrected chi connectivity index (χ3v) is 5.87. The van der Waals surface area contributed by atoms with E-state index in [0.717, 1.165) is 51.3 Å². The number of piperazine rings is 1. The van der Waals surface area contributed by atoms with Crippen LogP contribution >= 0.6 is 0 Å². The molecule has 0 aromatic heterocycles. The number of urea groups is 1. The number of fused-ring (bicyclic) bond motifs is 1. The number of anilines is 1. The van der Waals surface area contributed by atoms with Crippen molar-refractivity contribution in [2.24, 2.45) is 0 Å². The van der Waals surface area contributed by atoms with E-state index >= 15 is 0 Å². The third kappa shape index (κ3) is 3.34. The first-order valence-electron chi connectivity index (χ1n) is 9.49. The highest BCUT2D eigenvalue weighted by Crippen LogP contribution is 2.26. The Morgan fingerprint density at radius 3 is 2.44 bits per heavy atom. The highest BCUT2D eigenvalue weighted by molar-refractivity contribution is 6.04. The number of benzene rings is 1. The zero-order valence-electron chi connectivity index (χ0n) is 15.2. The molecular formula is C18H24N5O4+. The normalized spacial score (nSPS) is 23.3. The summed E-state index contributed by atoms with van der Waals surface area (Å²) in [5.41, 5.74) is 1.09. The molecule has 4 rings (SSSR count). The minimum absolute atomic E-state index is 0.0265. The van der Waals surface area contributed by atoms with Crippen LogP contribution in [-0.4, -0.2) is 78.5 Å². The van der Waals surface area contributed by atoms with Crippen molar-refractivity contribution in [2.45, 2.75) is 18.9 Å². The number of rotatable bonds is 5. The number of carbonyl (C=O) groups is 2. The first-order valence-corrected chi connectivity index (χ1v) is 9.49. The first kappa shape index (κ1) is 17.7. The van der Waals surface area contributed by atoms with Gasteiger partial charge in [-0.3, -0.25) is 19.8 Å². The highest BCUT2D eigenvalue weighted by atomic mass is 16.6. The van der Waals surface area contributed by atoms with Crippen LogP contribution < -0.4 is 9.80 Å². The van der Waals surface area contributed by atoms with Crippen molar-refractivity contribution < 1.29 is 19.4 Å². The maximum Gasteiger partial charge on any atom is 0.327 e. The van der Waals surface area contributed by atoms with Crippen molar-refractivity contribution in [2.75, 3.05) is 50.7 Å². The molecule has 3 aliphatic rings. The summed E-state index contributed by atoms with van der Waals surface area (Å²) in [6.45, 7) is 5.49. The Balaban J connectivity index is 1.27. The molecule has 0 bridgehead atoms. The Morgan fingerprint density at radius 2 is 1.81 bits per heavy atom. The van der Waals surface area contributed by atoms with E-state index in [9.17, 15) is 19.7 Å². The fourth-order valence-electron chi connectivity index (χ4n) is 4.27. The van der Waals surface area contributed by atoms with E-state index < -0.39 is 4.92 Å². The van der Waals surface area contributed by atoms with Gasteiger partial charge in [0.25, 0.3) is 11.6 Å². The number of hydrogen-bond acceptors (Lipinski definition) is 5. The second kappa shape index (κ2) is 7.15. The second-order valence-electron chi connectivity index (χ2n) is 7.38. The topological polar surface area (TPSA) is 91.4 Å². The van der Waals surface area contributed by atoms with Gasteiger partial charge in [0.2, 0.25) is 0 Å². The number of imide groups is 1. The quantitative estimate of drug-likeness (QED) is 0.435. The molecule has 9 heteroatoms. The lowest BCUT2D eigenvalue weighted by atomic mass is 10.2. The van der Waals surface area contributed by atoms with Gasteiger partial charge in [-0.25, -0.2) is 4.79 Å². The molecule has 1 aromatic rings. The van der Waals surface area contributed by atoms with Gasteiger partial charge in [-0.2, -0.15) is 0 Å². The van der Waals surface area contributed by atoms with Gasteiger partial charge in [0.05, 0.1) is 44.2 Å². The largest absolute Gasteiger partial charge is 0.360 e. The summed E-state index contributed by atoms with van der Waals surface area (Å²) in [5, 5.41) is 10.8. The Kier molecular flexibility index (Phi) is 4.69. The standard InChI is InChI=1S/C18H23N5O4/c24-17-16-2-1-7-21(16)18(25)22(17)13-10-19-8-11-20(12-9-19)14-3-5-15(6-4-14)23(26)27/h3-6,16H,1-2,7-13H2/p+1/t16-/m1/s1. The molecule has 0 unspecified atom stereocenters. The maximum absolute atomic E-state index is 12.4. The van der Waals surface area contributed by atoms with E-state index in [1.54, 1.807) is 17.0 Å². The molecule has 3 saturated heterocycles. The molecule has 3 heterocycles. The van der Waals surface area contributed by atoms with Crippen LogP contribution in [0.3, 0.4) is 0 Å². The number of non-ortho nitro benzene ring substituents is 1. The van der Waals surface area contributed by atoms with Crippen LogP contribution in [0.5, 0.6) is 0 Å². The van der Waals surface area contributed by atoms with Crippen LogP contribution in [0, 0.1) is 10.1 Å². The Bertz CT molecular complexity index is 723. The summed E-state index contributed by atoms with van der Waals surface area (Å²) in [6, 6.07) is 6.31. The Labute approximate surface area is 157 Å². The number of nitro groups is 1. The minimum atomic E-state index is -0.391. The molecule has 0 radical (unpaired) electrons. The van der Waals surface area contributed by atoms with Crippen molar-refractivity contribution in [1.29, 1.82) is 0 Å². The fourth-order valence-corrected chi connectivity index (χ4v) is 4.27. The molecule has 0 aliphatic carbocycles. The molecule has 3 fully saturated rings. The van der Waals surface area contributed by atoms with Crippen molar-refractivity contribution in [3.63, 3.8) is 0 Å². The van der Waals surface area contributed by atoms with E-state index in [1.165, 1.54) is 21.9 Å². The molecule has 1 atom stereocenters. The van der Waals surface area contributed by atoms with Gasteiger partial charge < -0.3 is 14.7 Å². The molecule has 1 aromatic carbocycles. The minimum Gasteiger partial charge on any atom is -0.360 e. The third-order valence-electron chi connectivity index (χ3n) is 5.87. The zero-order chi connectivity index (χ0) is 19.0. The summed E-state index contributed by atoms with van der Waals surface area (Å²) in [4.78, 5) is 41.8. The van der Waals surface area contributed by atoms with Gasteiger partial charge in [0.1, 0.15) is 6.04 Å². The van der Waals surface area contributed by atoms with Crippen LogP contribution in [0.2, 0.25) is 0 Å². The molecule has 3 aliphatic heterocycles. The highest BCUT2D eigenvalue weighted by Gasteiger charge is 2.47. The molecule has 9 nitrogen and oxygen atoms in total.